The minimum atomic E-state index is 0.260. The van der Waals surface area contributed by atoms with Gasteiger partial charge in [0.15, 0.2) is 0 Å². The van der Waals surface area contributed by atoms with Crippen LogP contribution < -0.4 is 5.32 Å². The first kappa shape index (κ1) is 16.5. The van der Waals surface area contributed by atoms with Gasteiger partial charge < -0.3 is 9.73 Å². The molecule has 4 nitrogen and oxygen atoms in total. The number of hydrogen-bond donors (Lipinski definition) is 1. The molecule has 0 spiro atoms. The molecule has 0 fully saturated rings. The molecule has 23 heavy (non-hydrogen) atoms. The average molecular weight is 431 g/mol. The van der Waals surface area contributed by atoms with Gasteiger partial charge in [0.25, 0.3) is 4.84 Å². The van der Waals surface area contributed by atoms with Gasteiger partial charge in [-0.1, -0.05) is 39.1 Å². The number of rotatable bonds is 4. The zero-order chi connectivity index (χ0) is 16.4. The molecule has 0 bridgehead atoms. The summed E-state index contributed by atoms with van der Waals surface area (Å²) < 4.78 is 8.09. The molecule has 1 heterocycles. The largest absolute Gasteiger partial charge is 0.409 e. The zero-order valence-electron chi connectivity index (χ0n) is 11.6. The van der Waals surface area contributed by atoms with Gasteiger partial charge in [-0.15, -0.1) is 5.10 Å². The Labute approximate surface area is 156 Å². The van der Waals surface area contributed by atoms with Crippen LogP contribution >= 0.6 is 51.3 Å². The lowest BCUT2D eigenvalue weighted by molar-refractivity contribution is 0.522. The number of nitrogens with one attached hydrogen (secondary N) is 1. The van der Waals surface area contributed by atoms with Gasteiger partial charge in [0.2, 0.25) is 5.89 Å². The van der Waals surface area contributed by atoms with Gasteiger partial charge in [0.1, 0.15) is 6.67 Å². The Morgan fingerprint density at radius 1 is 1.17 bits per heavy atom. The Balaban J connectivity index is 1.81. The van der Waals surface area contributed by atoms with E-state index in [0.29, 0.717) is 28.2 Å². The van der Waals surface area contributed by atoms with Crippen molar-refractivity contribution in [3.8, 4) is 11.5 Å². The highest BCUT2D eigenvalue weighted by atomic mass is 79.9. The Hall–Kier alpha value is -1.34. The lowest BCUT2D eigenvalue weighted by atomic mass is 10.2. The van der Waals surface area contributed by atoms with Gasteiger partial charge in [-0.25, -0.2) is 4.68 Å². The summed E-state index contributed by atoms with van der Waals surface area (Å²) >= 11 is 20.7. The van der Waals surface area contributed by atoms with Crippen LogP contribution in [-0.4, -0.2) is 9.78 Å². The molecule has 3 rings (SSSR count). The highest BCUT2D eigenvalue weighted by Crippen LogP contribution is 2.29. The number of benzene rings is 2. The van der Waals surface area contributed by atoms with E-state index in [-0.39, 0.29) is 4.84 Å². The van der Waals surface area contributed by atoms with E-state index in [1.165, 1.54) is 0 Å². The number of aromatic nitrogens is 2. The molecule has 0 saturated heterocycles. The molecule has 0 radical (unpaired) electrons. The maximum Gasteiger partial charge on any atom is 0.289 e. The monoisotopic (exact) mass is 429 g/mol. The average Bonchev–Trinajstić information content (AvgIpc) is 2.87. The van der Waals surface area contributed by atoms with Crippen LogP contribution in [0.1, 0.15) is 0 Å². The van der Waals surface area contributed by atoms with E-state index in [0.717, 1.165) is 10.2 Å². The van der Waals surface area contributed by atoms with Crippen LogP contribution in [0.5, 0.6) is 0 Å². The number of nitrogens with zero attached hydrogens (tertiary/aromatic N) is 2. The molecule has 0 amide bonds. The first-order chi connectivity index (χ1) is 11.0. The molecule has 2 aromatic carbocycles. The third-order valence-corrected chi connectivity index (χ3v) is 4.42. The lowest BCUT2D eigenvalue weighted by Crippen LogP contribution is -2.09. The van der Waals surface area contributed by atoms with E-state index < -0.39 is 0 Å². The molecule has 0 saturated carbocycles. The van der Waals surface area contributed by atoms with Crippen molar-refractivity contribution < 1.29 is 4.42 Å². The number of halogens is 3. The summed E-state index contributed by atoms with van der Waals surface area (Å²) in [5.41, 5.74) is 1.59. The van der Waals surface area contributed by atoms with Crippen LogP contribution in [0.25, 0.3) is 11.5 Å². The Bertz CT molecular complexity index is 892. The molecule has 0 aliphatic rings. The predicted molar refractivity (Wildman–Crippen MR) is 98.5 cm³/mol. The van der Waals surface area contributed by atoms with E-state index in [2.05, 4.69) is 26.3 Å². The summed E-state index contributed by atoms with van der Waals surface area (Å²) in [4.78, 5) is 0.260. The molecule has 3 aromatic rings. The Morgan fingerprint density at radius 3 is 2.61 bits per heavy atom. The topological polar surface area (TPSA) is 43.0 Å². The summed E-state index contributed by atoms with van der Waals surface area (Å²) in [5.74, 6) is 0.356. The predicted octanol–water partition coefficient (Wildman–Crippen LogP) is 6.01. The lowest BCUT2D eigenvalue weighted by Gasteiger charge is -2.05. The fourth-order valence-electron chi connectivity index (χ4n) is 1.91. The van der Waals surface area contributed by atoms with Gasteiger partial charge in [-0.3, -0.25) is 0 Å². The second-order valence-corrected chi connectivity index (χ2v) is 6.75. The van der Waals surface area contributed by atoms with Crippen molar-refractivity contribution in [1.82, 2.24) is 9.78 Å². The third kappa shape index (κ3) is 3.95. The fraction of sp³-hybridized carbons (Fsp3) is 0.0667. The molecule has 0 unspecified atom stereocenters. The molecule has 0 aliphatic heterocycles. The van der Waals surface area contributed by atoms with Crippen molar-refractivity contribution >= 4 is 57.0 Å². The van der Waals surface area contributed by atoms with Crippen molar-refractivity contribution in [2.75, 3.05) is 5.32 Å². The van der Waals surface area contributed by atoms with Gasteiger partial charge in [0.05, 0.1) is 10.6 Å². The number of hydrogen-bond acceptors (Lipinski definition) is 4. The van der Waals surface area contributed by atoms with Crippen molar-refractivity contribution in [2.45, 2.75) is 6.67 Å². The van der Waals surface area contributed by atoms with Crippen LogP contribution in [0.4, 0.5) is 5.69 Å². The highest BCUT2D eigenvalue weighted by molar-refractivity contribution is 9.10. The third-order valence-electron chi connectivity index (χ3n) is 3.04. The molecular weight excluding hydrogens is 421 g/mol. The van der Waals surface area contributed by atoms with Crippen LogP contribution in [0.2, 0.25) is 10.0 Å². The normalized spacial score (nSPS) is 10.7. The SMILES string of the molecule is S=c1oc(-c2ccc(Cl)cc2Cl)nn1CNc1ccc(Br)cc1. The van der Waals surface area contributed by atoms with Crippen LogP contribution in [-0.2, 0) is 6.67 Å². The summed E-state index contributed by atoms with van der Waals surface area (Å²) in [6, 6.07) is 12.9. The van der Waals surface area contributed by atoms with Crippen LogP contribution in [0.15, 0.2) is 51.4 Å². The second-order valence-electron chi connectivity index (χ2n) is 4.64. The molecule has 0 aliphatic carbocycles. The Morgan fingerprint density at radius 2 is 1.91 bits per heavy atom. The van der Waals surface area contributed by atoms with E-state index >= 15 is 0 Å². The first-order valence-corrected chi connectivity index (χ1v) is 8.51. The number of anilines is 1. The zero-order valence-corrected chi connectivity index (χ0v) is 15.5. The van der Waals surface area contributed by atoms with Gasteiger partial charge in [0, 0.05) is 15.2 Å². The summed E-state index contributed by atoms with van der Waals surface area (Å²) in [5, 5.41) is 8.58. The fourth-order valence-corrected chi connectivity index (χ4v) is 2.85. The first-order valence-electron chi connectivity index (χ1n) is 6.56. The standard InChI is InChI=1S/C15H10BrCl2N3OS/c16-9-1-4-11(5-2-9)19-8-21-15(23)22-14(20-21)12-6-3-10(17)7-13(12)18/h1-7,19H,8H2. The summed E-state index contributed by atoms with van der Waals surface area (Å²) in [6.45, 7) is 0.384. The quantitative estimate of drug-likeness (QED) is 0.514. The van der Waals surface area contributed by atoms with Gasteiger partial charge in [-0.05, 0) is 54.7 Å². The minimum Gasteiger partial charge on any atom is -0.409 e. The smallest absolute Gasteiger partial charge is 0.289 e. The van der Waals surface area contributed by atoms with E-state index in [1.807, 2.05) is 24.3 Å². The van der Waals surface area contributed by atoms with Gasteiger partial charge in [-0.2, -0.15) is 0 Å². The molecule has 118 valence electrons. The molecule has 8 heteroatoms. The second kappa shape index (κ2) is 7.05. The minimum absolute atomic E-state index is 0.260. The van der Waals surface area contributed by atoms with Crippen LogP contribution in [0.3, 0.4) is 0 Å². The van der Waals surface area contributed by atoms with Crippen molar-refractivity contribution in [1.29, 1.82) is 0 Å². The molecule has 1 aromatic heterocycles. The Kier molecular flexibility index (Phi) is 5.06. The van der Waals surface area contributed by atoms with Gasteiger partial charge >= 0.3 is 0 Å². The van der Waals surface area contributed by atoms with Crippen molar-refractivity contribution in [3.63, 3.8) is 0 Å². The van der Waals surface area contributed by atoms with E-state index in [1.54, 1.807) is 22.9 Å². The summed E-state index contributed by atoms with van der Waals surface area (Å²) in [7, 11) is 0. The molecule has 0 atom stereocenters. The maximum atomic E-state index is 6.17. The van der Waals surface area contributed by atoms with Crippen molar-refractivity contribution in [2.24, 2.45) is 0 Å². The van der Waals surface area contributed by atoms with E-state index in [9.17, 15) is 0 Å². The summed E-state index contributed by atoms with van der Waals surface area (Å²) in [6.07, 6.45) is 0. The van der Waals surface area contributed by atoms with Crippen LogP contribution in [0, 0.1) is 4.84 Å². The van der Waals surface area contributed by atoms with E-state index in [4.69, 9.17) is 39.8 Å². The molecule has 1 N–H and O–H groups in total. The molecular formula is C15H10BrCl2N3OS. The van der Waals surface area contributed by atoms with Crippen molar-refractivity contribution in [3.05, 3.63) is 61.8 Å². The highest BCUT2D eigenvalue weighted by Gasteiger charge is 2.12. The maximum absolute atomic E-state index is 6.17.